The van der Waals surface area contributed by atoms with Crippen molar-refractivity contribution in [3.05, 3.63) is 24.4 Å². The zero-order valence-corrected chi connectivity index (χ0v) is 8.13. The molecule has 0 unspecified atom stereocenters. The molecule has 3 nitrogen and oxygen atoms in total. The van der Waals surface area contributed by atoms with E-state index >= 15 is 0 Å². The van der Waals surface area contributed by atoms with Gasteiger partial charge in [-0.2, -0.15) is 0 Å². The van der Waals surface area contributed by atoms with E-state index in [-0.39, 0.29) is 13.2 Å². The number of nitrogens with zero attached hydrogens (tertiary/aromatic N) is 1. The highest BCUT2D eigenvalue weighted by molar-refractivity contribution is 8.68. The van der Waals surface area contributed by atoms with Crippen LogP contribution in [0.5, 0.6) is 0 Å². The van der Waals surface area contributed by atoms with Gasteiger partial charge in [0.15, 0.2) is 0 Å². The van der Waals surface area contributed by atoms with Crippen molar-refractivity contribution >= 4 is 22.5 Å². The third kappa shape index (κ3) is 6.48. The molecule has 0 amide bonds. The lowest BCUT2D eigenvalue weighted by molar-refractivity contribution is 0.186. The molecule has 0 spiro atoms. The van der Waals surface area contributed by atoms with E-state index in [1.165, 1.54) is 10.8 Å². The molecule has 0 aliphatic carbocycles. The van der Waals surface area contributed by atoms with E-state index in [1.807, 2.05) is 18.2 Å². The maximum Gasteiger partial charge on any atom is 0.106 e. The normalized spacial score (nSPS) is 8.58. The molecule has 1 aromatic rings. The Morgan fingerprint density at radius 3 is 2.25 bits per heavy atom. The number of pyridine rings is 1. The van der Waals surface area contributed by atoms with Crippen molar-refractivity contribution in [2.45, 2.75) is 5.03 Å². The van der Waals surface area contributed by atoms with Crippen LogP contribution < -0.4 is 0 Å². The van der Waals surface area contributed by atoms with Crippen molar-refractivity contribution in [1.29, 1.82) is 0 Å². The maximum atomic E-state index is 7.62. The zero-order chi connectivity index (χ0) is 9.23. The van der Waals surface area contributed by atoms with Crippen LogP contribution >= 0.6 is 22.5 Å². The molecule has 5 heteroatoms. The van der Waals surface area contributed by atoms with E-state index in [9.17, 15) is 0 Å². The van der Waals surface area contributed by atoms with E-state index in [1.54, 1.807) is 6.20 Å². The summed E-state index contributed by atoms with van der Waals surface area (Å²) in [7, 11) is 1.35. The molecule has 12 heavy (non-hydrogen) atoms. The van der Waals surface area contributed by atoms with Crippen molar-refractivity contribution < 1.29 is 10.2 Å². The van der Waals surface area contributed by atoms with Gasteiger partial charge in [-0.15, -0.1) is 11.7 Å². The average molecular weight is 205 g/mol. The molecule has 0 aromatic carbocycles. The molecule has 0 fully saturated rings. The van der Waals surface area contributed by atoms with Crippen LogP contribution in [-0.2, 0) is 0 Å². The molecule has 0 saturated heterocycles. The lowest BCUT2D eigenvalue weighted by Crippen LogP contribution is -1.85. The summed E-state index contributed by atoms with van der Waals surface area (Å²) in [6.45, 7) is -0.250. The molecule has 0 radical (unpaired) electrons. The van der Waals surface area contributed by atoms with Crippen LogP contribution in [0.25, 0.3) is 0 Å². The quantitative estimate of drug-likeness (QED) is 0.498. The summed E-state index contributed by atoms with van der Waals surface area (Å²) in [6, 6.07) is 5.73. The molecule has 1 aromatic heterocycles. The number of aliphatic hydroxyl groups excluding tert-OH is 2. The SMILES string of the molecule is OCCO.SSc1ccccn1. The van der Waals surface area contributed by atoms with Gasteiger partial charge in [0.1, 0.15) is 5.03 Å². The second-order valence-corrected chi connectivity index (χ2v) is 2.86. The van der Waals surface area contributed by atoms with Crippen molar-refractivity contribution in [3.63, 3.8) is 0 Å². The predicted molar refractivity (Wildman–Crippen MR) is 53.3 cm³/mol. The topological polar surface area (TPSA) is 53.4 Å². The first-order valence-corrected chi connectivity index (χ1v) is 5.16. The standard InChI is InChI=1S/C5H5NS2.C2H6O2/c7-8-5-3-1-2-4-6-5;3-1-2-4/h1-4,7H;3-4H,1-2H2. The summed E-state index contributed by atoms with van der Waals surface area (Å²) >= 11 is 3.96. The summed E-state index contributed by atoms with van der Waals surface area (Å²) in [6.07, 6.45) is 1.75. The van der Waals surface area contributed by atoms with Crippen LogP contribution in [-0.4, -0.2) is 28.4 Å². The van der Waals surface area contributed by atoms with Gasteiger partial charge in [-0.3, -0.25) is 0 Å². The fourth-order valence-corrected chi connectivity index (χ4v) is 0.973. The van der Waals surface area contributed by atoms with Gasteiger partial charge in [-0.25, -0.2) is 4.98 Å². The van der Waals surface area contributed by atoms with Crippen molar-refractivity contribution in [2.24, 2.45) is 0 Å². The number of aliphatic hydroxyl groups is 2. The highest BCUT2D eigenvalue weighted by atomic mass is 33.1. The summed E-state index contributed by atoms with van der Waals surface area (Å²) in [4.78, 5) is 3.98. The van der Waals surface area contributed by atoms with Crippen LogP contribution in [0.1, 0.15) is 0 Å². The third-order valence-electron chi connectivity index (χ3n) is 0.831. The van der Waals surface area contributed by atoms with Gasteiger partial charge in [0.2, 0.25) is 0 Å². The largest absolute Gasteiger partial charge is 0.394 e. The van der Waals surface area contributed by atoms with E-state index < -0.39 is 0 Å². The van der Waals surface area contributed by atoms with Crippen molar-refractivity contribution in [1.82, 2.24) is 4.98 Å². The maximum absolute atomic E-state index is 7.62. The van der Waals surface area contributed by atoms with E-state index in [0.717, 1.165) is 5.03 Å². The Balaban J connectivity index is 0.000000261. The molecule has 1 heterocycles. The fourth-order valence-electron chi connectivity index (χ4n) is 0.401. The summed E-state index contributed by atoms with van der Waals surface area (Å²) in [5, 5.41) is 16.2. The first-order valence-electron chi connectivity index (χ1n) is 3.29. The lowest BCUT2D eigenvalue weighted by Gasteiger charge is -1.87. The second kappa shape index (κ2) is 8.86. The van der Waals surface area contributed by atoms with Gasteiger partial charge >= 0.3 is 0 Å². The van der Waals surface area contributed by atoms with Crippen molar-refractivity contribution in [2.75, 3.05) is 13.2 Å². The number of aromatic nitrogens is 1. The first-order chi connectivity index (χ1) is 5.85. The summed E-state index contributed by atoms with van der Waals surface area (Å²) < 4.78 is 0. The summed E-state index contributed by atoms with van der Waals surface area (Å²) in [5.74, 6) is 0. The Morgan fingerprint density at radius 1 is 1.33 bits per heavy atom. The van der Waals surface area contributed by atoms with Gasteiger partial charge < -0.3 is 10.2 Å². The minimum absolute atomic E-state index is 0.125. The molecule has 0 bridgehead atoms. The molecule has 2 N–H and O–H groups in total. The highest BCUT2D eigenvalue weighted by Crippen LogP contribution is 2.16. The molecule has 0 aliphatic heterocycles. The van der Waals surface area contributed by atoms with Gasteiger partial charge in [0.25, 0.3) is 0 Å². The number of hydrogen-bond donors (Lipinski definition) is 3. The highest BCUT2D eigenvalue weighted by Gasteiger charge is 1.83. The van der Waals surface area contributed by atoms with Gasteiger partial charge in [-0.05, 0) is 22.9 Å². The fraction of sp³-hybridized carbons (Fsp3) is 0.286. The van der Waals surface area contributed by atoms with Gasteiger partial charge in [0.05, 0.1) is 13.2 Å². The Morgan fingerprint density at radius 2 is 2.00 bits per heavy atom. The zero-order valence-electron chi connectivity index (χ0n) is 6.42. The predicted octanol–water partition coefficient (Wildman–Crippen LogP) is 0.989. The molecule has 0 aliphatic rings. The lowest BCUT2D eigenvalue weighted by atomic mass is 10.5. The van der Waals surface area contributed by atoms with Crippen LogP contribution in [0, 0.1) is 0 Å². The Kier molecular flexibility index (Phi) is 8.69. The number of rotatable bonds is 2. The van der Waals surface area contributed by atoms with E-state index in [0.29, 0.717) is 0 Å². The monoisotopic (exact) mass is 205 g/mol. The molecule has 1 rings (SSSR count). The van der Waals surface area contributed by atoms with Crippen LogP contribution in [0.3, 0.4) is 0 Å². The summed E-state index contributed by atoms with van der Waals surface area (Å²) in [5.41, 5.74) is 0. The second-order valence-electron chi connectivity index (χ2n) is 1.71. The number of thiol groups is 1. The molecular formula is C7H11NO2S2. The minimum Gasteiger partial charge on any atom is -0.394 e. The minimum atomic E-state index is -0.125. The van der Waals surface area contributed by atoms with E-state index in [4.69, 9.17) is 10.2 Å². The Hall–Kier alpha value is -0.230. The van der Waals surface area contributed by atoms with Crippen LogP contribution in [0.4, 0.5) is 0 Å². The molecule has 0 saturated carbocycles. The van der Waals surface area contributed by atoms with Gasteiger partial charge in [-0.1, -0.05) is 6.07 Å². The van der Waals surface area contributed by atoms with Crippen LogP contribution in [0.2, 0.25) is 0 Å². The van der Waals surface area contributed by atoms with Crippen molar-refractivity contribution in [3.8, 4) is 0 Å². The number of hydrogen-bond acceptors (Lipinski definition) is 5. The Bertz CT molecular complexity index is 182. The smallest absolute Gasteiger partial charge is 0.106 e. The first kappa shape index (κ1) is 11.8. The third-order valence-corrected chi connectivity index (χ3v) is 1.82. The molecular weight excluding hydrogens is 194 g/mol. The van der Waals surface area contributed by atoms with Gasteiger partial charge in [0, 0.05) is 6.20 Å². The van der Waals surface area contributed by atoms with Crippen LogP contribution in [0.15, 0.2) is 29.4 Å². The average Bonchev–Trinajstić information content (AvgIpc) is 2.19. The molecule has 0 atom stereocenters. The molecule has 68 valence electrons. The Labute approximate surface area is 80.7 Å². The van der Waals surface area contributed by atoms with E-state index in [2.05, 4.69) is 16.6 Å².